The van der Waals surface area contributed by atoms with Gasteiger partial charge in [0.15, 0.2) is 0 Å². The van der Waals surface area contributed by atoms with Gasteiger partial charge in [-0.3, -0.25) is 9.48 Å². The lowest BCUT2D eigenvalue weighted by Gasteiger charge is -2.17. The van der Waals surface area contributed by atoms with Crippen LogP contribution in [0.5, 0.6) is 0 Å². The van der Waals surface area contributed by atoms with E-state index in [4.69, 9.17) is 0 Å². The zero-order chi connectivity index (χ0) is 15.4. The molecule has 2 aromatic rings. The summed E-state index contributed by atoms with van der Waals surface area (Å²) in [6, 6.07) is 7.51. The lowest BCUT2D eigenvalue weighted by atomic mass is 10.1. The summed E-state index contributed by atoms with van der Waals surface area (Å²) in [6.45, 7) is 4.65. The topological polar surface area (TPSA) is 63.1 Å². The van der Waals surface area contributed by atoms with Crippen LogP contribution in [0.25, 0.3) is 0 Å². The molecule has 6 nitrogen and oxygen atoms in total. The molecule has 0 spiro atoms. The van der Waals surface area contributed by atoms with Gasteiger partial charge >= 0.3 is 0 Å². The van der Waals surface area contributed by atoms with Crippen LogP contribution in [-0.2, 0) is 7.05 Å². The van der Waals surface area contributed by atoms with E-state index in [1.807, 2.05) is 45.2 Å². The third-order valence-corrected chi connectivity index (χ3v) is 3.45. The first kappa shape index (κ1) is 15.0. The minimum absolute atomic E-state index is 0.00626. The number of benzene rings is 1. The van der Waals surface area contributed by atoms with E-state index in [0.717, 1.165) is 11.5 Å². The van der Waals surface area contributed by atoms with E-state index in [0.29, 0.717) is 12.1 Å². The molecular weight excluding hydrogens is 266 g/mol. The van der Waals surface area contributed by atoms with Gasteiger partial charge in [0.2, 0.25) is 0 Å². The molecule has 1 aromatic heterocycles. The average Bonchev–Trinajstić information content (AvgIpc) is 2.92. The fraction of sp³-hybridized carbons (Fsp3) is 0.400. The maximum Gasteiger partial charge on any atom is 0.253 e. The smallest absolute Gasteiger partial charge is 0.253 e. The molecule has 2 rings (SSSR count). The van der Waals surface area contributed by atoms with E-state index >= 15 is 0 Å². The second-order valence-corrected chi connectivity index (χ2v) is 5.01. The van der Waals surface area contributed by atoms with Crippen LogP contribution in [0.15, 0.2) is 30.6 Å². The number of hydrogen-bond acceptors (Lipinski definition) is 4. The van der Waals surface area contributed by atoms with E-state index in [2.05, 4.69) is 15.4 Å². The predicted molar refractivity (Wildman–Crippen MR) is 82.1 cm³/mol. The van der Waals surface area contributed by atoms with Gasteiger partial charge in [0.1, 0.15) is 12.2 Å². The zero-order valence-corrected chi connectivity index (χ0v) is 12.9. The number of nitrogens with zero attached hydrogens (tertiary/aromatic N) is 4. The van der Waals surface area contributed by atoms with Gasteiger partial charge < -0.3 is 10.2 Å². The Morgan fingerprint density at radius 1 is 1.48 bits per heavy atom. The third kappa shape index (κ3) is 3.39. The Labute approximate surface area is 124 Å². The summed E-state index contributed by atoms with van der Waals surface area (Å²) in [7, 11) is 3.65. The van der Waals surface area contributed by atoms with Crippen molar-refractivity contribution in [3.63, 3.8) is 0 Å². The van der Waals surface area contributed by atoms with Crippen LogP contribution < -0.4 is 5.32 Å². The second kappa shape index (κ2) is 6.39. The number of anilines is 1. The molecule has 0 bridgehead atoms. The van der Waals surface area contributed by atoms with E-state index in [9.17, 15) is 4.79 Å². The van der Waals surface area contributed by atoms with E-state index < -0.39 is 0 Å². The first-order valence-corrected chi connectivity index (χ1v) is 6.99. The molecule has 0 saturated carbocycles. The molecule has 1 amide bonds. The molecular formula is C15H21N5O. The van der Waals surface area contributed by atoms with Gasteiger partial charge in [0.25, 0.3) is 5.91 Å². The number of amides is 1. The number of aromatic nitrogens is 3. The fourth-order valence-electron chi connectivity index (χ4n) is 2.12. The summed E-state index contributed by atoms with van der Waals surface area (Å²) < 4.78 is 1.73. The second-order valence-electron chi connectivity index (χ2n) is 5.01. The van der Waals surface area contributed by atoms with Crippen molar-refractivity contribution in [2.24, 2.45) is 7.05 Å². The highest BCUT2D eigenvalue weighted by molar-refractivity contribution is 5.94. The van der Waals surface area contributed by atoms with Crippen LogP contribution in [0.1, 0.15) is 36.1 Å². The number of nitrogens with one attached hydrogen (secondary N) is 1. The summed E-state index contributed by atoms with van der Waals surface area (Å²) in [5, 5.41) is 7.41. The molecule has 21 heavy (non-hydrogen) atoms. The molecule has 0 aliphatic rings. The predicted octanol–water partition coefficient (Wildman–Crippen LogP) is 2.08. The first-order chi connectivity index (χ1) is 10.0. The van der Waals surface area contributed by atoms with Crippen LogP contribution in [0.2, 0.25) is 0 Å². The van der Waals surface area contributed by atoms with E-state index in [1.165, 1.54) is 6.33 Å². The maximum absolute atomic E-state index is 12.2. The van der Waals surface area contributed by atoms with Crippen LogP contribution in [0, 0.1) is 0 Å². The average molecular weight is 287 g/mol. The number of carbonyl (C=O) groups is 1. The lowest BCUT2D eigenvalue weighted by Crippen LogP contribution is -2.26. The fourth-order valence-corrected chi connectivity index (χ4v) is 2.12. The van der Waals surface area contributed by atoms with Crippen molar-refractivity contribution < 1.29 is 4.79 Å². The maximum atomic E-state index is 12.2. The number of aryl methyl sites for hydroxylation is 1. The summed E-state index contributed by atoms with van der Waals surface area (Å²) in [6.07, 6.45) is 1.53. The van der Waals surface area contributed by atoms with Crippen molar-refractivity contribution in [3.8, 4) is 0 Å². The monoisotopic (exact) mass is 287 g/mol. The minimum atomic E-state index is 0.00626. The standard InChI is InChI=1S/C15H21N5O/c1-5-19(3)15(21)12-7-6-8-13(9-12)18-11(2)14-16-10-17-20(14)4/h6-11,18H,5H2,1-4H3. The molecule has 0 aliphatic heterocycles. The van der Waals surface area contributed by atoms with Gasteiger partial charge in [-0.15, -0.1) is 0 Å². The normalized spacial score (nSPS) is 12.0. The first-order valence-electron chi connectivity index (χ1n) is 6.99. The Hall–Kier alpha value is -2.37. The highest BCUT2D eigenvalue weighted by atomic mass is 16.2. The molecule has 0 aliphatic carbocycles. The largest absolute Gasteiger partial charge is 0.375 e. The Morgan fingerprint density at radius 2 is 2.24 bits per heavy atom. The number of rotatable bonds is 5. The molecule has 6 heteroatoms. The van der Waals surface area contributed by atoms with Crippen molar-refractivity contribution in [2.75, 3.05) is 18.9 Å². The van der Waals surface area contributed by atoms with Gasteiger partial charge in [0, 0.05) is 31.9 Å². The zero-order valence-electron chi connectivity index (χ0n) is 12.9. The van der Waals surface area contributed by atoms with Gasteiger partial charge in [-0.05, 0) is 32.0 Å². The molecule has 1 unspecified atom stereocenters. The van der Waals surface area contributed by atoms with Gasteiger partial charge in [0.05, 0.1) is 6.04 Å². The van der Waals surface area contributed by atoms with Gasteiger partial charge in [-0.2, -0.15) is 5.10 Å². The van der Waals surface area contributed by atoms with Crippen molar-refractivity contribution in [2.45, 2.75) is 19.9 Å². The molecule has 112 valence electrons. The third-order valence-electron chi connectivity index (χ3n) is 3.45. The molecule has 1 atom stereocenters. The number of carbonyl (C=O) groups excluding carboxylic acids is 1. The van der Waals surface area contributed by atoms with Crippen LogP contribution >= 0.6 is 0 Å². The highest BCUT2D eigenvalue weighted by Gasteiger charge is 2.13. The summed E-state index contributed by atoms with van der Waals surface area (Å²) in [4.78, 5) is 18.1. The van der Waals surface area contributed by atoms with E-state index in [-0.39, 0.29) is 11.9 Å². The Morgan fingerprint density at radius 3 is 2.86 bits per heavy atom. The summed E-state index contributed by atoms with van der Waals surface area (Å²) in [5.41, 5.74) is 1.57. The molecule has 1 N–H and O–H groups in total. The molecule has 0 radical (unpaired) electrons. The number of hydrogen-bond donors (Lipinski definition) is 1. The molecule has 1 heterocycles. The van der Waals surface area contributed by atoms with Gasteiger partial charge in [-0.1, -0.05) is 6.07 Å². The molecule has 0 fully saturated rings. The van der Waals surface area contributed by atoms with Crippen molar-refractivity contribution in [1.29, 1.82) is 0 Å². The van der Waals surface area contributed by atoms with E-state index in [1.54, 1.807) is 16.6 Å². The van der Waals surface area contributed by atoms with Crippen molar-refractivity contribution >= 4 is 11.6 Å². The Balaban J connectivity index is 2.15. The van der Waals surface area contributed by atoms with Crippen molar-refractivity contribution in [1.82, 2.24) is 19.7 Å². The quantitative estimate of drug-likeness (QED) is 0.914. The van der Waals surface area contributed by atoms with Crippen molar-refractivity contribution in [3.05, 3.63) is 42.0 Å². The van der Waals surface area contributed by atoms with Crippen LogP contribution in [0.3, 0.4) is 0 Å². The summed E-state index contributed by atoms with van der Waals surface area (Å²) >= 11 is 0. The Bertz CT molecular complexity index is 622. The van der Waals surface area contributed by atoms with Crippen LogP contribution in [-0.4, -0.2) is 39.2 Å². The highest BCUT2D eigenvalue weighted by Crippen LogP contribution is 2.18. The molecule has 0 saturated heterocycles. The summed E-state index contributed by atoms with van der Waals surface area (Å²) in [5.74, 6) is 0.866. The molecule has 1 aromatic carbocycles. The Kier molecular flexibility index (Phi) is 4.57. The SMILES string of the molecule is CCN(C)C(=O)c1cccc(NC(C)c2ncnn2C)c1. The lowest BCUT2D eigenvalue weighted by molar-refractivity contribution is 0.0802. The van der Waals surface area contributed by atoms with Gasteiger partial charge in [-0.25, -0.2) is 4.98 Å². The minimum Gasteiger partial charge on any atom is -0.375 e. The van der Waals surface area contributed by atoms with Crippen LogP contribution in [0.4, 0.5) is 5.69 Å².